The van der Waals surface area contributed by atoms with Crippen LogP contribution in [0.4, 0.5) is 0 Å². The summed E-state index contributed by atoms with van der Waals surface area (Å²) in [6.07, 6.45) is 1.88. The van der Waals surface area contributed by atoms with E-state index in [1.54, 1.807) is 11.3 Å². The summed E-state index contributed by atoms with van der Waals surface area (Å²) >= 11 is 1.71. The molecule has 0 saturated heterocycles. The van der Waals surface area contributed by atoms with E-state index < -0.39 is 0 Å². The van der Waals surface area contributed by atoms with Crippen LogP contribution < -0.4 is 5.32 Å². The largest absolute Gasteiger partial charge is 0.313 e. The maximum Gasteiger partial charge on any atom is 0.0897 e. The molecule has 0 saturated carbocycles. The predicted molar refractivity (Wildman–Crippen MR) is 66.1 cm³/mol. The SMILES string of the molecule is CC#CCC(Cc1csc(C)n1)NCC. The normalized spacial score (nSPS) is 11.9. The molecule has 0 radical (unpaired) electrons. The van der Waals surface area contributed by atoms with Crippen LogP contribution >= 0.6 is 11.3 Å². The van der Waals surface area contributed by atoms with E-state index in [4.69, 9.17) is 0 Å². The second-order valence-corrected chi connectivity index (χ2v) is 4.51. The minimum absolute atomic E-state index is 0.434. The minimum Gasteiger partial charge on any atom is -0.313 e. The van der Waals surface area contributed by atoms with Gasteiger partial charge in [-0.15, -0.1) is 23.2 Å². The number of hydrogen-bond donors (Lipinski definition) is 1. The lowest BCUT2D eigenvalue weighted by molar-refractivity contribution is 0.530. The van der Waals surface area contributed by atoms with Crippen LogP contribution in [0.2, 0.25) is 0 Å². The minimum atomic E-state index is 0.434. The van der Waals surface area contributed by atoms with Crippen molar-refractivity contribution in [3.63, 3.8) is 0 Å². The molecule has 82 valence electrons. The van der Waals surface area contributed by atoms with E-state index in [1.165, 1.54) is 5.69 Å². The fourth-order valence-electron chi connectivity index (χ4n) is 1.48. The van der Waals surface area contributed by atoms with E-state index >= 15 is 0 Å². The number of aromatic nitrogens is 1. The molecule has 0 fully saturated rings. The Kier molecular flexibility index (Phi) is 5.38. The van der Waals surface area contributed by atoms with Crippen LogP contribution in [0.15, 0.2) is 5.38 Å². The van der Waals surface area contributed by atoms with Crippen LogP contribution in [0, 0.1) is 18.8 Å². The first-order valence-corrected chi connectivity index (χ1v) is 6.18. The van der Waals surface area contributed by atoms with Crippen molar-refractivity contribution in [2.24, 2.45) is 0 Å². The first-order valence-electron chi connectivity index (χ1n) is 5.30. The Morgan fingerprint density at radius 3 is 2.93 bits per heavy atom. The van der Waals surface area contributed by atoms with Gasteiger partial charge in [-0.05, 0) is 20.4 Å². The van der Waals surface area contributed by atoms with Crippen molar-refractivity contribution in [3.05, 3.63) is 16.1 Å². The first-order chi connectivity index (χ1) is 7.26. The molecule has 1 unspecified atom stereocenters. The van der Waals surface area contributed by atoms with Crippen molar-refractivity contribution in [2.75, 3.05) is 6.54 Å². The second-order valence-electron chi connectivity index (χ2n) is 3.45. The number of nitrogens with one attached hydrogen (secondary N) is 1. The van der Waals surface area contributed by atoms with Gasteiger partial charge in [0, 0.05) is 24.3 Å². The lowest BCUT2D eigenvalue weighted by atomic mass is 10.1. The van der Waals surface area contributed by atoms with Gasteiger partial charge in [0.15, 0.2) is 0 Å². The summed E-state index contributed by atoms with van der Waals surface area (Å²) in [5.74, 6) is 6.06. The summed E-state index contributed by atoms with van der Waals surface area (Å²) < 4.78 is 0. The van der Waals surface area contributed by atoms with Crippen LogP contribution in [-0.2, 0) is 6.42 Å². The highest BCUT2D eigenvalue weighted by molar-refractivity contribution is 7.09. The third-order valence-electron chi connectivity index (χ3n) is 2.14. The molecule has 1 aromatic heterocycles. The second kappa shape index (κ2) is 6.60. The van der Waals surface area contributed by atoms with Crippen LogP contribution in [0.25, 0.3) is 0 Å². The molecule has 1 heterocycles. The van der Waals surface area contributed by atoms with Gasteiger partial charge in [-0.25, -0.2) is 4.98 Å². The Bertz CT molecular complexity index is 346. The molecule has 15 heavy (non-hydrogen) atoms. The number of hydrogen-bond acceptors (Lipinski definition) is 3. The Labute approximate surface area is 96.1 Å². The molecule has 0 amide bonds. The molecule has 0 spiro atoms. The molecular weight excluding hydrogens is 204 g/mol. The topological polar surface area (TPSA) is 24.9 Å². The maximum atomic E-state index is 4.47. The molecule has 0 aliphatic carbocycles. The van der Waals surface area contributed by atoms with Gasteiger partial charge < -0.3 is 5.32 Å². The zero-order valence-electron chi connectivity index (χ0n) is 9.63. The smallest absolute Gasteiger partial charge is 0.0897 e. The van der Waals surface area contributed by atoms with Crippen molar-refractivity contribution in [2.45, 2.75) is 39.7 Å². The van der Waals surface area contributed by atoms with Gasteiger partial charge in [-0.3, -0.25) is 0 Å². The fourth-order valence-corrected chi connectivity index (χ4v) is 2.11. The number of likely N-dealkylation sites (N-methyl/N-ethyl adjacent to an activating group) is 1. The molecule has 2 nitrogen and oxygen atoms in total. The van der Waals surface area contributed by atoms with E-state index in [-0.39, 0.29) is 0 Å². The Balaban J connectivity index is 2.52. The molecule has 1 atom stereocenters. The van der Waals surface area contributed by atoms with Gasteiger partial charge in [0.2, 0.25) is 0 Å². The van der Waals surface area contributed by atoms with Gasteiger partial charge in [-0.1, -0.05) is 6.92 Å². The van der Waals surface area contributed by atoms with E-state index in [2.05, 4.69) is 34.4 Å². The van der Waals surface area contributed by atoms with Crippen molar-refractivity contribution in [1.82, 2.24) is 10.3 Å². The first kappa shape index (κ1) is 12.2. The zero-order valence-corrected chi connectivity index (χ0v) is 10.4. The van der Waals surface area contributed by atoms with Crippen molar-refractivity contribution in [3.8, 4) is 11.8 Å². The predicted octanol–water partition coefficient (Wildman–Crippen LogP) is 2.39. The standard InChI is InChI=1S/C12H18N2S/c1-4-6-7-11(13-5-2)8-12-9-15-10(3)14-12/h9,11,13H,5,7-8H2,1-3H3. The van der Waals surface area contributed by atoms with Gasteiger partial charge in [-0.2, -0.15) is 0 Å². The van der Waals surface area contributed by atoms with E-state index in [9.17, 15) is 0 Å². The Hall–Kier alpha value is -0.850. The Morgan fingerprint density at radius 2 is 2.40 bits per heavy atom. The molecule has 1 N–H and O–H groups in total. The average Bonchev–Trinajstić information content (AvgIpc) is 2.61. The van der Waals surface area contributed by atoms with Gasteiger partial charge in [0.25, 0.3) is 0 Å². The number of nitrogens with zero attached hydrogens (tertiary/aromatic N) is 1. The molecule has 3 heteroatoms. The van der Waals surface area contributed by atoms with E-state index in [0.29, 0.717) is 6.04 Å². The molecule has 0 bridgehead atoms. The lowest BCUT2D eigenvalue weighted by Gasteiger charge is -2.13. The maximum absolute atomic E-state index is 4.47. The zero-order chi connectivity index (χ0) is 11.1. The van der Waals surface area contributed by atoms with Crippen molar-refractivity contribution >= 4 is 11.3 Å². The molecular formula is C12H18N2S. The molecule has 1 aromatic rings. The lowest BCUT2D eigenvalue weighted by Crippen LogP contribution is -2.30. The highest BCUT2D eigenvalue weighted by atomic mass is 32.1. The number of aryl methyl sites for hydroxylation is 1. The van der Waals surface area contributed by atoms with Crippen LogP contribution in [0.3, 0.4) is 0 Å². The molecule has 1 rings (SSSR count). The van der Waals surface area contributed by atoms with Gasteiger partial charge in [0.1, 0.15) is 0 Å². The van der Waals surface area contributed by atoms with E-state index in [1.807, 2.05) is 13.8 Å². The molecule has 0 aliphatic rings. The average molecular weight is 222 g/mol. The highest BCUT2D eigenvalue weighted by Gasteiger charge is 2.08. The molecule has 0 aliphatic heterocycles. The highest BCUT2D eigenvalue weighted by Crippen LogP contribution is 2.10. The summed E-state index contributed by atoms with van der Waals surface area (Å²) in [5.41, 5.74) is 1.18. The summed E-state index contributed by atoms with van der Waals surface area (Å²) in [6, 6.07) is 0.434. The van der Waals surface area contributed by atoms with Crippen LogP contribution in [0.1, 0.15) is 31.0 Å². The van der Waals surface area contributed by atoms with Gasteiger partial charge >= 0.3 is 0 Å². The van der Waals surface area contributed by atoms with Gasteiger partial charge in [0.05, 0.1) is 10.7 Å². The number of rotatable bonds is 5. The molecule has 0 aromatic carbocycles. The Morgan fingerprint density at radius 1 is 1.60 bits per heavy atom. The van der Waals surface area contributed by atoms with Crippen molar-refractivity contribution < 1.29 is 0 Å². The monoisotopic (exact) mass is 222 g/mol. The van der Waals surface area contributed by atoms with Crippen LogP contribution in [-0.4, -0.2) is 17.6 Å². The quantitative estimate of drug-likeness (QED) is 0.774. The fraction of sp³-hybridized carbons (Fsp3) is 0.583. The van der Waals surface area contributed by atoms with E-state index in [0.717, 1.165) is 24.4 Å². The van der Waals surface area contributed by atoms with Crippen molar-refractivity contribution in [1.29, 1.82) is 0 Å². The van der Waals surface area contributed by atoms with Crippen LogP contribution in [0.5, 0.6) is 0 Å². The summed E-state index contributed by atoms with van der Waals surface area (Å²) in [4.78, 5) is 4.47. The number of thiazole rings is 1. The summed E-state index contributed by atoms with van der Waals surface area (Å²) in [7, 11) is 0. The summed E-state index contributed by atoms with van der Waals surface area (Å²) in [5, 5.41) is 6.72. The third kappa shape index (κ3) is 4.46. The third-order valence-corrected chi connectivity index (χ3v) is 2.96. The summed E-state index contributed by atoms with van der Waals surface area (Å²) in [6.45, 7) is 7.04.